The van der Waals surface area contributed by atoms with Gasteiger partial charge in [0.1, 0.15) is 0 Å². The zero-order valence-electron chi connectivity index (χ0n) is 12.2. The molecular formula is C15H24N2O2S. The minimum atomic E-state index is -3.48. The first kappa shape index (κ1) is 15.5. The molecular weight excluding hydrogens is 272 g/mol. The Bertz CT molecular complexity index is 567. The van der Waals surface area contributed by atoms with Crippen LogP contribution in [-0.2, 0) is 16.6 Å². The summed E-state index contributed by atoms with van der Waals surface area (Å²) in [7, 11) is -3.48. The van der Waals surface area contributed by atoms with Crippen molar-refractivity contribution in [3.63, 3.8) is 0 Å². The molecule has 0 radical (unpaired) electrons. The van der Waals surface area contributed by atoms with Gasteiger partial charge >= 0.3 is 0 Å². The quantitative estimate of drug-likeness (QED) is 0.896. The van der Waals surface area contributed by atoms with Crippen LogP contribution in [-0.4, -0.2) is 14.5 Å². The summed E-state index contributed by atoms with van der Waals surface area (Å²) >= 11 is 0. The Hall–Kier alpha value is -0.910. The third-order valence-corrected chi connectivity index (χ3v) is 5.63. The molecule has 4 nitrogen and oxygen atoms in total. The van der Waals surface area contributed by atoms with Crippen LogP contribution in [0.5, 0.6) is 0 Å². The van der Waals surface area contributed by atoms with E-state index in [4.69, 9.17) is 5.73 Å². The van der Waals surface area contributed by atoms with Gasteiger partial charge in [-0.2, -0.15) is 0 Å². The largest absolute Gasteiger partial charge is 0.326 e. The van der Waals surface area contributed by atoms with Gasteiger partial charge in [0.2, 0.25) is 10.0 Å². The summed E-state index contributed by atoms with van der Waals surface area (Å²) in [5, 5.41) is 0. The van der Waals surface area contributed by atoms with E-state index in [0.29, 0.717) is 10.5 Å². The van der Waals surface area contributed by atoms with E-state index in [1.54, 1.807) is 18.2 Å². The maximum atomic E-state index is 12.5. The molecule has 1 aromatic carbocycles. The fraction of sp³-hybridized carbons (Fsp3) is 0.600. The lowest BCUT2D eigenvalue weighted by Crippen LogP contribution is -2.40. The van der Waals surface area contributed by atoms with Crippen molar-refractivity contribution >= 4 is 10.0 Å². The van der Waals surface area contributed by atoms with Gasteiger partial charge in [-0.3, -0.25) is 0 Å². The standard InChI is InChI=1S/C15H24N2O2S/c1-15(2)9-5-7-13(10-15)17-20(18,19)14-8-4-3-6-12(14)11-16/h3-4,6,8,13,17H,5,7,9-11,16H2,1-2H3. The smallest absolute Gasteiger partial charge is 0.241 e. The molecule has 0 bridgehead atoms. The van der Waals surface area contributed by atoms with Crippen molar-refractivity contribution in [2.24, 2.45) is 11.1 Å². The first-order chi connectivity index (χ1) is 9.34. The molecule has 0 heterocycles. The van der Waals surface area contributed by atoms with E-state index in [2.05, 4.69) is 18.6 Å². The van der Waals surface area contributed by atoms with Crippen molar-refractivity contribution in [2.45, 2.75) is 57.0 Å². The summed E-state index contributed by atoms with van der Waals surface area (Å²) < 4.78 is 27.9. The van der Waals surface area contributed by atoms with Crippen LogP contribution in [0, 0.1) is 5.41 Å². The van der Waals surface area contributed by atoms with Gasteiger partial charge in [-0.25, -0.2) is 13.1 Å². The third-order valence-electron chi connectivity index (χ3n) is 4.01. The van der Waals surface area contributed by atoms with Gasteiger partial charge in [0, 0.05) is 12.6 Å². The first-order valence-corrected chi connectivity index (χ1v) is 8.63. The lowest BCUT2D eigenvalue weighted by atomic mass is 9.75. The Kier molecular flexibility index (Phi) is 4.52. The van der Waals surface area contributed by atoms with Crippen LogP contribution in [0.25, 0.3) is 0 Å². The van der Waals surface area contributed by atoms with E-state index < -0.39 is 10.0 Å². The minimum Gasteiger partial charge on any atom is -0.326 e. The maximum absolute atomic E-state index is 12.5. The summed E-state index contributed by atoms with van der Waals surface area (Å²) in [6.07, 6.45) is 4.02. The highest BCUT2D eigenvalue weighted by Crippen LogP contribution is 2.35. The zero-order chi connectivity index (χ0) is 14.8. The summed E-state index contributed by atoms with van der Waals surface area (Å²) in [6.45, 7) is 4.62. The number of sulfonamides is 1. The molecule has 5 heteroatoms. The lowest BCUT2D eigenvalue weighted by molar-refractivity contribution is 0.212. The van der Waals surface area contributed by atoms with Crippen LogP contribution < -0.4 is 10.5 Å². The number of hydrogen-bond donors (Lipinski definition) is 2. The van der Waals surface area contributed by atoms with Crippen molar-refractivity contribution in [3.8, 4) is 0 Å². The minimum absolute atomic E-state index is 0.0228. The molecule has 1 unspecified atom stereocenters. The van der Waals surface area contributed by atoms with E-state index >= 15 is 0 Å². The van der Waals surface area contributed by atoms with Gasteiger partial charge in [0.05, 0.1) is 4.90 Å². The molecule has 0 aliphatic heterocycles. The predicted octanol–water partition coefficient (Wildman–Crippen LogP) is 2.39. The van der Waals surface area contributed by atoms with Gasteiger partial charge in [-0.15, -0.1) is 0 Å². The van der Waals surface area contributed by atoms with Gasteiger partial charge in [0.25, 0.3) is 0 Å². The molecule has 112 valence electrons. The highest BCUT2D eigenvalue weighted by molar-refractivity contribution is 7.89. The summed E-state index contributed by atoms with van der Waals surface area (Å²) in [6, 6.07) is 6.95. The summed E-state index contributed by atoms with van der Waals surface area (Å²) in [5.41, 5.74) is 6.50. The predicted molar refractivity (Wildman–Crippen MR) is 80.7 cm³/mol. The van der Waals surface area contributed by atoms with E-state index in [1.165, 1.54) is 0 Å². The van der Waals surface area contributed by atoms with Crippen molar-refractivity contribution in [2.75, 3.05) is 0 Å². The molecule has 20 heavy (non-hydrogen) atoms. The topological polar surface area (TPSA) is 72.2 Å². The highest BCUT2D eigenvalue weighted by atomic mass is 32.2. The SMILES string of the molecule is CC1(C)CCCC(NS(=O)(=O)c2ccccc2CN)C1. The van der Waals surface area contributed by atoms with E-state index in [-0.39, 0.29) is 18.0 Å². The summed E-state index contributed by atoms with van der Waals surface area (Å²) in [5.74, 6) is 0. The molecule has 1 aliphatic rings. The Labute approximate surface area is 121 Å². The average Bonchev–Trinajstić information content (AvgIpc) is 2.37. The molecule has 1 aliphatic carbocycles. The molecule has 0 saturated heterocycles. The molecule has 1 fully saturated rings. The number of rotatable bonds is 4. The number of hydrogen-bond acceptors (Lipinski definition) is 3. The van der Waals surface area contributed by atoms with Gasteiger partial charge in [0.15, 0.2) is 0 Å². The number of benzene rings is 1. The molecule has 2 rings (SSSR count). The van der Waals surface area contributed by atoms with Crippen molar-refractivity contribution in [1.29, 1.82) is 0 Å². The fourth-order valence-electron chi connectivity index (χ4n) is 3.02. The van der Waals surface area contributed by atoms with Crippen molar-refractivity contribution in [3.05, 3.63) is 29.8 Å². The fourth-order valence-corrected chi connectivity index (χ4v) is 4.54. The highest BCUT2D eigenvalue weighted by Gasteiger charge is 2.31. The lowest BCUT2D eigenvalue weighted by Gasteiger charge is -2.35. The van der Waals surface area contributed by atoms with E-state index in [9.17, 15) is 8.42 Å². The second kappa shape index (κ2) is 5.84. The van der Waals surface area contributed by atoms with Crippen molar-refractivity contribution < 1.29 is 8.42 Å². The molecule has 1 aromatic rings. The molecule has 0 spiro atoms. The van der Waals surface area contributed by atoms with Crippen LogP contribution in [0.3, 0.4) is 0 Å². The Morgan fingerprint density at radius 2 is 2.05 bits per heavy atom. The van der Waals surface area contributed by atoms with Gasteiger partial charge < -0.3 is 5.73 Å². The average molecular weight is 296 g/mol. The van der Waals surface area contributed by atoms with Crippen LogP contribution >= 0.6 is 0 Å². The normalized spacial score (nSPS) is 22.6. The third kappa shape index (κ3) is 3.59. The molecule has 1 saturated carbocycles. The van der Waals surface area contributed by atoms with Crippen LogP contribution in [0.1, 0.15) is 45.1 Å². The molecule has 1 atom stereocenters. The zero-order valence-corrected chi connectivity index (χ0v) is 13.0. The Morgan fingerprint density at radius 1 is 1.35 bits per heavy atom. The van der Waals surface area contributed by atoms with Crippen LogP contribution in [0.2, 0.25) is 0 Å². The van der Waals surface area contributed by atoms with E-state index in [1.807, 2.05) is 6.07 Å². The Balaban J connectivity index is 2.19. The number of nitrogens with two attached hydrogens (primary N) is 1. The monoisotopic (exact) mass is 296 g/mol. The first-order valence-electron chi connectivity index (χ1n) is 7.14. The summed E-state index contributed by atoms with van der Waals surface area (Å²) in [4.78, 5) is 0.311. The Morgan fingerprint density at radius 3 is 2.70 bits per heavy atom. The van der Waals surface area contributed by atoms with Crippen molar-refractivity contribution in [1.82, 2.24) is 4.72 Å². The molecule has 0 amide bonds. The van der Waals surface area contributed by atoms with E-state index in [0.717, 1.165) is 25.7 Å². The second-order valence-corrected chi connectivity index (χ2v) is 8.07. The van der Waals surface area contributed by atoms with Crippen LogP contribution in [0.15, 0.2) is 29.2 Å². The van der Waals surface area contributed by atoms with Gasteiger partial charge in [-0.1, -0.05) is 38.5 Å². The molecule has 3 N–H and O–H groups in total. The second-order valence-electron chi connectivity index (χ2n) is 6.39. The van der Waals surface area contributed by atoms with Crippen LogP contribution in [0.4, 0.5) is 0 Å². The molecule has 0 aromatic heterocycles. The maximum Gasteiger partial charge on any atom is 0.241 e. The number of nitrogens with one attached hydrogen (secondary N) is 1. The van der Waals surface area contributed by atoms with Gasteiger partial charge in [-0.05, 0) is 36.3 Å².